The number of hydrogen-bond donors (Lipinski definition) is 1. The Bertz CT molecular complexity index is 392. The second kappa shape index (κ2) is 5.12. The molecule has 0 aromatic heterocycles. The van der Waals surface area contributed by atoms with Gasteiger partial charge in [0.1, 0.15) is 5.60 Å². The van der Waals surface area contributed by atoms with Gasteiger partial charge in [0.15, 0.2) is 5.83 Å². The van der Waals surface area contributed by atoms with Gasteiger partial charge in [0.05, 0.1) is 11.9 Å². The van der Waals surface area contributed by atoms with Crippen molar-refractivity contribution >= 4 is 12.3 Å². The number of halogens is 1. The van der Waals surface area contributed by atoms with Gasteiger partial charge in [0, 0.05) is 12.1 Å². The van der Waals surface area contributed by atoms with E-state index in [1.54, 1.807) is 33.1 Å². The van der Waals surface area contributed by atoms with Gasteiger partial charge in [-0.1, -0.05) is 6.92 Å². The first-order valence-electron chi connectivity index (χ1n) is 5.39. The summed E-state index contributed by atoms with van der Waals surface area (Å²) in [5.41, 5.74) is -0.526. The number of nitrogens with one attached hydrogen (secondary N) is 1. The summed E-state index contributed by atoms with van der Waals surface area (Å²) in [6, 6.07) is 0. The van der Waals surface area contributed by atoms with Crippen LogP contribution in [-0.2, 0) is 4.74 Å². The molecule has 0 aromatic carbocycles. The van der Waals surface area contributed by atoms with Crippen LogP contribution in [0.5, 0.6) is 0 Å². The van der Waals surface area contributed by atoms with Gasteiger partial charge >= 0.3 is 6.09 Å². The van der Waals surface area contributed by atoms with Gasteiger partial charge in [-0.05, 0) is 26.8 Å². The van der Waals surface area contributed by atoms with Gasteiger partial charge in [0.25, 0.3) is 0 Å². The molecule has 1 rings (SSSR count). The monoisotopic (exact) mass is 240 g/mol. The smallest absolute Gasteiger partial charge is 0.412 e. The van der Waals surface area contributed by atoms with Crippen molar-refractivity contribution in [3.05, 3.63) is 23.8 Å². The Hall–Kier alpha value is -1.65. The zero-order valence-electron chi connectivity index (χ0n) is 10.5. The number of ether oxygens (including phenoxy) is 1. The molecule has 0 aliphatic carbocycles. The van der Waals surface area contributed by atoms with E-state index in [4.69, 9.17) is 4.74 Å². The molecule has 5 heteroatoms. The fraction of sp³-hybridized carbons (Fsp3) is 0.500. The van der Waals surface area contributed by atoms with E-state index in [1.807, 2.05) is 6.92 Å². The molecule has 0 fully saturated rings. The molecular weight excluding hydrogens is 223 g/mol. The summed E-state index contributed by atoms with van der Waals surface area (Å²) in [7, 11) is 0. The number of hydrogen-bond acceptors (Lipinski definition) is 3. The van der Waals surface area contributed by atoms with E-state index >= 15 is 0 Å². The summed E-state index contributed by atoms with van der Waals surface area (Å²) in [5, 5.41) is 2.37. The highest BCUT2D eigenvalue weighted by Gasteiger charge is 2.19. The zero-order valence-corrected chi connectivity index (χ0v) is 10.5. The van der Waals surface area contributed by atoms with Crippen molar-refractivity contribution in [2.24, 2.45) is 10.9 Å². The Morgan fingerprint density at radius 2 is 2.18 bits per heavy atom. The second-order valence-corrected chi connectivity index (χ2v) is 4.84. The van der Waals surface area contributed by atoms with E-state index in [0.717, 1.165) is 6.20 Å². The molecule has 1 aliphatic rings. The topological polar surface area (TPSA) is 50.7 Å². The standard InChI is InChI=1S/C12H17FN2O2/c1-8-5-10(9(13)7-14-6-8)15-11(16)17-12(2,3)4/h5-8H,1-4H3,(H,15,16)/t8-/m1/s1. The van der Waals surface area contributed by atoms with E-state index in [1.165, 1.54) is 0 Å². The average Bonchev–Trinajstić information content (AvgIpc) is 2.26. The number of allylic oxidation sites excluding steroid dienone is 2. The van der Waals surface area contributed by atoms with E-state index < -0.39 is 17.5 Å². The van der Waals surface area contributed by atoms with Crippen molar-refractivity contribution in [2.75, 3.05) is 0 Å². The van der Waals surface area contributed by atoms with Crippen LogP contribution in [0.4, 0.5) is 9.18 Å². The first kappa shape index (κ1) is 13.4. The number of rotatable bonds is 1. The average molecular weight is 240 g/mol. The van der Waals surface area contributed by atoms with E-state index in [9.17, 15) is 9.18 Å². The van der Waals surface area contributed by atoms with Crippen molar-refractivity contribution in [3.63, 3.8) is 0 Å². The molecule has 0 aromatic rings. The largest absolute Gasteiger partial charge is 0.444 e. The van der Waals surface area contributed by atoms with Crippen LogP contribution in [0.3, 0.4) is 0 Å². The summed E-state index contributed by atoms with van der Waals surface area (Å²) in [4.78, 5) is 15.2. The van der Waals surface area contributed by atoms with Gasteiger partial charge in [-0.3, -0.25) is 10.3 Å². The van der Waals surface area contributed by atoms with Crippen molar-refractivity contribution in [1.82, 2.24) is 5.32 Å². The Balaban J connectivity index is 2.71. The summed E-state index contributed by atoms with van der Waals surface area (Å²) in [6.07, 6.45) is 3.55. The van der Waals surface area contributed by atoms with Crippen LogP contribution < -0.4 is 5.32 Å². The van der Waals surface area contributed by atoms with Gasteiger partial charge in [0.2, 0.25) is 0 Å². The minimum atomic E-state index is -0.679. The molecule has 1 amide bonds. The molecule has 1 aliphatic heterocycles. The molecule has 0 saturated heterocycles. The molecule has 0 saturated carbocycles. The van der Waals surface area contributed by atoms with Crippen LogP contribution in [0.25, 0.3) is 0 Å². The van der Waals surface area contributed by atoms with Crippen molar-refractivity contribution in [2.45, 2.75) is 33.3 Å². The number of aliphatic imine (C=N–C) groups is 1. The number of amides is 1. The third-order valence-electron chi connectivity index (χ3n) is 1.83. The summed E-state index contributed by atoms with van der Waals surface area (Å²) < 4.78 is 18.5. The highest BCUT2D eigenvalue weighted by atomic mass is 19.1. The lowest BCUT2D eigenvalue weighted by atomic mass is 10.1. The van der Waals surface area contributed by atoms with E-state index in [0.29, 0.717) is 0 Å². The van der Waals surface area contributed by atoms with E-state index in [-0.39, 0.29) is 11.6 Å². The van der Waals surface area contributed by atoms with Crippen LogP contribution in [-0.4, -0.2) is 17.9 Å². The fourth-order valence-corrected chi connectivity index (χ4v) is 1.21. The molecule has 1 heterocycles. The van der Waals surface area contributed by atoms with Crippen LogP contribution >= 0.6 is 0 Å². The van der Waals surface area contributed by atoms with Crippen LogP contribution in [0.1, 0.15) is 27.7 Å². The lowest BCUT2D eigenvalue weighted by Gasteiger charge is -2.20. The summed E-state index contributed by atoms with van der Waals surface area (Å²) in [5.74, 6) is -0.638. The lowest BCUT2D eigenvalue weighted by molar-refractivity contribution is 0.0545. The number of alkyl carbamates (subject to hydrolysis) is 1. The molecule has 4 nitrogen and oxygen atoms in total. The van der Waals surface area contributed by atoms with E-state index in [2.05, 4.69) is 10.3 Å². The molecule has 1 N–H and O–H groups in total. The number of nitrogens with zero attached hydrogens (tertiary/aromatic N) is 1. The maximum Gasteiger partial charge on any atom is 0.412 e. The zero-order chi connectivity index (χ0) is 13.1. The van der Waals surface area contributed by atoms with Crippen molar-refractivity contribution in [1.29, 1.82) is 0 Å². The Morgan fingerprint density at radius 3 is 2.76 bits per heavy atom. The summed E-state index contributed by atoms with van der Waals surface area (Å²) in [6.45, 7) is 7.07. The van der Waals surface area contributed by atoms with Gasteiger partial charge in [-0.25, -0.2) is 9.18 Å². The van der Waals surface area contributed by atoms with Crippen LogP contribution in [0, 0.1) is 5.92 Å². The second-order valence-electron chi connectivity index (χ2n) is 4.84. The molecule has 17 heavy (non-hydrogen) atoms. The molecule has 1 atom stereocenters. The SMILES string of the molecule is C[C@H]1C=NC=C(F)C(NC(=O)OC(C)(C)C)=C1. The number of carbonyl (C=O) groups is 1. The van der Waals surface area contributed by atoms with Gasteiger partial charge in [-0.15, -0.1) is 0 Å². The first-order valence-corrected chi connectivity index (χ1v) is 5.39. The maximum absolute atomic E-state index is 13.5. The Labute approximate surface area is 100 Å². The third-order valence-corrected chi connectivity index (χ3v) is 1.83. The fourth-order valence-electron chi connectivity index (χ4n) is 1.21. The lowest BCUT2D eigenvalue weighted by Crippen LogP contribution is -2.32. The number of carbonyl (C=O) groups excluding carboxylic acids is 1. The Morgan fingerprint density at radius 1 is 1.53 bits per heavy atom. The van der Waals surface area contributed by atoms with Gasteiger partial charge in [-0.2, -0.15) is 0 Å². The molecule has 0 spiro atoms. The van der Waals surface area contributed by atoms with Gasteiger partial charge < -0.3 is 4.74 Å². The predicted octanol–water partition coefficient (Wildman–Crippen LogP) is 2.93. The molecular formula is C12H17FN2O2. The highest BCUT2D eigenvalue weighted by molar-refractivity contribution is 5.72. The normalized spacial score (nSPS) is 20.2. The highest BCUT2D eigenvalue weighted by Crippen LogP contribution is 2.15. The molecule has 0 unspecified atom stereocenters. The maximum atomic E-state index is 13.5. The molecule has 0 bridgehead atoms. The minimum absolute atomic E-state index is 0.0514. The molecule has 94 valence electrons. The molecule has 0 radical (unpaired) electrons. The van der Waals surface area contributed by atoms with Crippen molar-refractivity contribution in [3.8, 4) is 0 Å². The van der Waals surface area contributed by atoms with Crippen molar-refractivity contribution < 1.29 is 13.9 Å². The summed E-state index contributed by atoms with van der Waals surface area (Å²) >= 11 is 0. The minimum Gasteiger partial charge on any atom is -0.444 e. The first-order chi connectivity index (χ1) is 7.78. The third kappa shape index (κ3) is 4.80. The van der Waals surface area contributed by atoms with Crippen LogP contribution in [0.2, 0.25) is 0 Å². The quantitative estimate of drug-likeness (QED) is 0.766. The van der Waals surface area contributed by atoms with Crippen LogP contribution in [0.15, 0.2) is 28.8 Å². The predicted molar refractivity (Wildman–Crippen MR) is 64.3 cm³/mol. The Kier molecular flexibility index (Phi) is 4.04.